The van der Waals surface area contributed by atoms with Gasteiger partial charge in [-0.2, -0.15) is 0 Å². The van der Waals surface area contributed by atoms with Crippen LogP contribution in [0.25, 0.3) is 0 Å². The fraction of sp³-hybridized carbons (Fsp3) is 0.462. The first-order valence-electron chi connectivity index (χ1n) is 6.03. The second kappa shape index (κ2) is 5.27. The number of likely N-dealkylation sites (N-methyl/N-ethyl adjacent to an activating group) is 1. The minimum atomic E-state index is -0.403. The van der Waals surface area contributed by atoms with Crippen LogP contribution in [0, 0.1) is 0 Å². The molecule has 98 valence electrons. The Morgan fingerprint density at radius 2 is 2.33 bits per heavy atom. The molecular weight excluding hydrogens is 230 g/mol. The summed E-state index contributed by atoms with van der Waals surface area (Å²) in [6.07, 6.45) is 1.08. The van der Waals surface area contributed by atoms with Gasteiger partial charge in [0.05, 0.1) is 24.0 Å². The van der Waals surface area contributed by atoms with Crippen molar-refractivity contribution < 1.29 is 9.53 Å². The number of methoxy groups -OCH3 is 1. The number of esters is 1. The van der Waals surface area contributed by atoms with Crippen molar-refractivity contribution in [3.8, 4) is 0 Å². The lowest BCUT2D eigenvalue weighted by molar-refractivity contribution is 0.0602. The fourth-order valence-electron chi connectivity index (χ4n) is 2.25. The standard InChI is InChI=1S/C13H19N3O2/c1-16-7-6-9(8-16)15-11-5-3-4-10(12(11)14)13(17)18-2/h3-5,9,15H,6-8,14H2,1-2H3. The first kappa shape index (κ1) is 12.7. The SMILES string of the molecule is COC(=O)c1cccc(NC2CCN(C)C2)c1N. The molecule has 0 saturated carbocycles. The van der Waals surface area contributed by atoms with Gasteiger partial charge in [-0.05, 0) is 32.1 Å². The summed E-state index contributed by atoms with van der Waals surface area (Å²) in [5.74, 6) is -0.403. The Hall–Kier alpha value is -1.75. The normalized spacial score (nSPS) is 19.8. The summed E-state index contributed by atoms with van der Waals surface area (Å²) >= 11 is 0. The Bertz CT molecular complexity index is 448. The molecule has 1 aromatic carbocycles. The zero-order valence-corrected chi connectivity index (χ0v) is 10.8. The van der Waals surface area contributed by atoms with Crippen LogP contribution in [0.2, 0.25) is 0 Å². The molecule has 1 aliphatic rings. The number of benzene rings is 1. The number of nitrogens with two attached hydrogens (primary N) is 1. The first-order chi connectivity index (χ1) is 8.61. The molecule has 18 heavy (non-hydrogen) atoms. The highest BCUT2D eigenvalue weighted by Crippen LogP contribution is 2.25. The number of rotatable bonds is 3. The van der Waals surface area contributed by atoms with Gasteiger partial charge >= 0.3 is 5.97 Å². The first-order valence-corrected chi connectivity index (χ1v) is 6.03. The number of nitrogens with zero attached hydrogens (tertiary/aromatic N) is 1. The Labute approximate surface area is 107 Å². The fourth-order valence-corrected chi connectivity index (χ4v) is 2.25. The molecule has 1 atom stereocenters. The molecule has 1 unspecified atom stereocenters. The highest BCUT2D eigenvalue weighted by molar-refractivity contribution is 5.98. The van der Waals surface area contributed by atoms with E-state index in [1.807, 2.05) is 12.1 Å². The van der Waals surface area contributed by atoms with E-state index in [2.05, 4.69) is 17.3 Å². The number of nitrogens with one attached hydrogen (secondary N) is 1. The van der Waals surface area contributed by atoms with Crippen LogP contribution in [0.3, 0.4) is 0 Å². The highest BCUT2D eigenvalue weighted by atomic mass is 16.5. The second-order valence-corrected chi connectivity index (χ2v) is 4.65. The van der Waals surface area contributed by atoms with E-state index in [0.717, 1.165) is 25.2 Å². The van der Waals surface area contributed by atoms with Crippen molar-refractivity contribution in [1.82, 2.24) is 4.90 Å². The summed E-state index contributed by atoms with van der Waals surface area (Å²) < 4.78 is 4.70. The van der Waals surface area contributed by atoms with Crippen molar-refractivity contribution in [2.24, 2.45) is 0 Å². The molecule has 0 aliphatic carbocycles. The maximum absolute atomic E-state index is 11.5. The number of ether oxygens (including phenoxy) is 1. The van der Waals surface area contributed by atoms with Crippen LogP contribution in [0.5, 0.6) is 0 Å². The van der Waals surface area contributed by atoms with Gasteiger partial charge in [0, 0.05) is 12.6 Å². The van der Waals surface area contributed by atoms with E-state index in [1.54, 1.807) is 6.07 Å². The molecule has 3 N–H and O–H groups in total. The minimum Gasteiger partial charge on any atom is -0.465 e. The molecule has 0 bridgehead atoms. The summed E-state index contributed by atoms with van der Waals surface area (Å²) in [5.41, 5.74) is 7.67. The molecule has 1 aliphatic heterocycles. The van der Waals surface area contributed by atoms with E-state index in [0.29, 0.717) is 17.3 Å². The molecule has 0 amide bonds. The molecule has 1 saturated heterocycles. The van der Waals surface area contributed by atoms with Crippen molar-refractivity contribution in [3.63, 3.8) is 0 Å². The third-order valence-electron chi connectivity index (χ3n) is 3.26. The quantitative estimate of drug-likeness (QED) is 0.622. The van der Waals surface area contributed by atoms with Gasteiger partial charge in [0.25, 0.3) is 0 Å². The molecule has 1 fully saturated rings. The lowest BCUT2D eigenvalue weighted by Crippen LogP contribution is -2.24. The van der Waals surface area contributed by atoms with Gasteiger partial charge in [0.1, 0.15) is 0 Å². The van der Waals surface area contributed by atoms with Crippen LogP contribution in [0.15, 0.2) is 18.2 Å². The molecule has 5 nitrogen and oxygen atoms in total. The number of carbonyl (C=O) groups is 1. The van der Waals surface area contributed by atoms with E-state index in [4.69, 9.17) is 10.5 Å². The summed E-state index contributed by atoms with van der Waals surface area (Å²) in [6, 6.07) is 5.75. The Kier molecular flexibility index (Phi) is 3.72. The zero-order valence-electron chi connectivity index (χ0n) is 10.8. The average molecular weight is 249 g/mol. The second-order valence-electron chi connectivity index (χ2n) is 4.65. The van der Waals surface area contributed by atoms with Crippen LogP contribution in [0.4, 0.5) is 11.4 Å². The number of likely N-dealkylation sites (tertiary alicyclic amines) is 1. The van der Waals surface area contributed by atoms with Crippen molar-refractivity contribution in [1.29, 1.82) is 0 Å². The Morgan fingerprint density at radius 3 is 2.94 bits per heavy atom. The lowest BCUT2D eigenvalue weighted by atomic mass is 10.1. The van der Waals surface area contributed by atoms with Crippen LogP contribution in [0.1, 0.15) is 16.8 Å². The van der Waals surface area contributed by atoms with Gasteiger partial charge in [0.15, 0.2) is 0 Å². The van der Waals surface area contributed by atoms with Gasteiger partial charge in [-0.1, -0.05) is 6.07 Å². The number of hydrogen-bond donors (Lipinski definition) is 2. The van der Waals surface area contributed by atoms with Gasteiger partial charge in [-0.3, -0.25) is 0 Å². The smallest absolute Gasteiger partial charge is 0.340 e. The number of hydrogen-bond acceptors (Lipinski definition) is 5. The van der Waals surface area contributed by atoms with E-state index in [1.165, 1.54) is 7.11 Å². The van der Waals surface area contributed by atoms with Gasteiger partial charge < -0.3 is 20.7 Å². The third kappa shape index (κ3) is 2.56. The van der Waals surface area contributed by atoms with E-state index in [-0.39, 0.29) is 0 Å². The summed E-state index contributed by atoms with van der Waals surface area (Å²) in [5, 5.41) is 3.38. The van der Waals surface area contributed by atoms with Crippen LogP contribution in [-0.4, -0.2) is 44.2 Å². The Morgan fingerprint density at radius 1 is 1.56 bits per heavy atom. The minimum absolute atomic E-state index is 0.380. The van der Waals surface area contributed by atoms with Crippen molar-refractivity contribution in [2.75, 3.05) is 38.3 Å². The van der Waals surface area contributed by atoms with Crippen molar-refractivity contribution in [2.45, 2.75) is 12.5 Å². The topological polar surface area (TPSA) is 67.6 Å². The predicted molar refractivity (Wildman–Crippen MR) is 71.7 cm³/mol. The largest absolute Gasteiger partial charge is 0.465 e. The summed E-state index contributed by atoms with van der Waals surface area (Å²) in [6.45, 7) is 2.07. The molecule has 0 radical (unpaired) electrons. The van der Waals surface area contributed by atoms with Crippen molar-refractivity contribution >= 4 is 17.3 Å². The molecular formula is C13H19N3O2. The molecule has 1 heterocycles. The van der Waals surface area contributed by atoms with Crippen molar-refractivity contribution in [3.05, 3.63) is 23.8 Å². The average Bonchev–Trinajstić information content (AvgIpc) is 2.76. The molecule has 0 spiro atoms. The lowest BCUT2D eigenvalue weighted by Gasteiger charge is -2.17. The molecule has 5 heteroatoms. The third-order valence-corrected chi connectivity index (χ3v) is 3.26. The van der Waals surface area contributed by atoms with Gasteiger partial charge in [-0.25, -0.2) is 4.79 Å². The monoisotopic (exact) mass is 249 g/mol. The molecule has 1 aromatic rings. The van der Waals surface area contributed by atoms with E-state index in [9.17, 15) is 4.79 Å². The Balaban J connectivity index is 2.16. The molecule has 0 aromatic heterocycles. The number of para-hydroxylation sites is 1. The summed E-state index contributed by atoms with van der Waals surface area (Å²) in [4.78, 5) is 13.8. The highest BCUT2D eigenvalue weighted by Gasteiger charge is 2.21. The number of anilines is 2. The maximum Gasteiger partial charge on any atom is 0.340 e. The zero-order chi connectivity index (χ0) is 13.1. The van der Waals surface area contributed by atoms with Gasteiger partial charge in [0.2, 0.25) is 0 Å². The number of nitrogen functional groups attached to an aromatic ring is 1. The van der Waals surface area contributed by atoms with Crippen LogP contribution in [-0.2, 0) is 4.74 Å². The maximum atomic E-state index is 11.5. The van der Waals surface area contributed by atoms with E-state index >= 15 is 0 Å². The van der Waals surface area contributed by atoms with Crippen LogP contribution >= 0.6 is 0 Å². The summed E-state index contributed by atoms with van der Waals surface area (Å²) in [7, 11) is 3.45. The van der Waals surface area contributed by atoms with E-state index < -0.39 is 5.97 Å². The predicted octanol–water partition coefficient (Wildman–Crippen LogP) is 1.17. The van der Waals surface area contributed by atoms with Crippen LogP contribution < -0.4 is 11.1 Å². The number of carbonyl (C=O) groups excluding carboxylic acids is 1. The van der Waals surface area contributed by atoms with Gasteiger partial charge in [-0.15, -0.1) is 0 Å². The molecule has 2 rings (SSSR count).